The van der Waals surface area contributed by atoms with E-state index in [9.17, 15) is 29.8 Å². The molecule has 0 unspecified atom stereocenters. The summed E-state index contributed by atoms with van der Waals surface area (Å²) in [5, 5.41) is 27.0. The lowest BCUT2D eigenvalue weighted by molar-refractivity contribution is -0.394. The molecular formula is C21H21N5O6S. The van der Waals surface area contributed by atoms with Crippen molar-refractivity contribution in [3.05, 3.63) is 73.8 Å². The van der Waals surface area contributed by atoms with Crippen LogP contribution in [0.5, 0.6) is 0 Å². The van der Waals surface area contributed by atoms with Gasteiger partial charge in [0, 0.05) is 36.5 Å². The molecule has 0 atom stereocenters. The van der Waals surface area contributed by atoms with Crippen LogP contribution in [0.4, 0.5) is 17.1 Å². The summed E-state index contributed by atoms with van der Waals surface area (Å²) in [7, 11) is 0. The van der Waals surface area contributed by atoms with Gasteiger partial charge in [0.15, 0.2) is 5.11 Å². The molecule has 0 bridgehead atoms. The molecule has 1 aliphatic rings. The predicted molar refractivity (Wildman–Crippen MR) is 124 cm³/mol. The molecule has 1 heterocycles. The van der Waals surface area contributed by atoms with Gasteiger partial charge in [0.25, 0.3) is 23.2 Å². The van der Waals surface area contributed by atoms with Gasteiger partial charge in [-0.1, -0.05) is 6.92 Å². The number of hydrogen-bond donors (Lipinski definition) is 2. The maximum Gasteiger partial charge on any atom is 0.277 e. The van der Waals surface area contributed by atoms with Crippen molar-refractivity contribution in [2.75, 3.05) is 18.4 Å². The lowest BCUT2D eigenvalue weighted by Gasteiger charge is -2.30. The Morgan fingerprint density at radius 3 is 2.03 bits per heavy atom. The molecule has 33 heavy (non-hydrogen) atoms. The van der Waals surface area contributed by atoms with Gasteiger partial charge in [-0.3, -0.25) is 35.1 Å². The lowest BCUT2D eigenvalue weighted by Crippen LogP contribution is -2.37. The number of nitro benzene ring substituents is 2. The highest BCUT2D eigenvalue weighted by Crippen LogP contribution is 2.23. The standard InChI is InChI=1S/C21H21N5O6S/c1-13-6-8-24(9-7-13)20(28)14-2-4-16(5-3-14)22-21(33)23-19(27)15-10-17(25(29)30)12-18(11-15)26(31)32/h2-5,10-13H,6-9H2,1H3,(H2,22,23,27,33). The van der Waals surface area contributed by atoms with Crippen LogP contribution in [0.2, 0.25) is 0 Å². The second kappa shape index (κ2) is 10.1. The second-order valence-electron chi connectivity index (χ2n) is 7.71. The Kier molecular flexibility index (Phi) is 7.28. The summed E-state index contributed by atoms with van der Waals surface area (Å²) in [5.74, 6) is -0.271. The fourth-order valence-corrected chi connectivity index (χ4v) is 3.58. The molecular weight excluding hydrogens is 450 g/mol. The fraction of sp³-hybridized carbons (Fsp3) is 0.286. The summed E-state index contributed by atoms with van der Waals surface area (Å²) in [6.07, 6.45) is 1.96. The van der Waals surface area contributed by atoms with E-state index in [-0.39, 0.29) is 16.6 Å². The third-order valence-corrected chi connectivity index (χ3v) is 5.48. The van der Waals surface area contributed by atoms with Gasteiger partial charge in [-0.15, -0.1) is 0 Å². The Morgan fingerprint density at radius 2 is 1.52 bits per heavy atom. The number of amides is 2. The molecule has 0 saturated carbocycles. The number of hydrogen-bond acceptors (Lipinski definition) is 7. The van der Waals surface area contributed by atoms with E-state index < -0.39 is 27.1 Å². The number of piperidine rings is 1. The first-order valence-corrected chi connectivity index (χ1v) is 10.5. The number of thiocarbonyl (C=S) groups is 1. The van der Waals surface area contributed by atoms with E-state index in [1.54, 1.807) is 24.3 Å². The van der Waals surface area contributed by atoms with E-state index in [1.165, 1.54) is 0 Å². The average molecular weight is 471 g/mol. The fourth-order valence-electron chi connectivity index (χ4n) is 3.37. The highest BCUT2D eigenvalue weighted by Gasteiger charge is 2.22. The van der Waals surface area contributed by atoms with Gasteiger partial charge in [0.05, 0.1) is 21.5 Å². The van der Waals surface area contributed by atoms with Crippen LogP contribution in [0.1, 0.15) is 40.5 Å². The van der Waals surface area contributed by atoms with Crippen LogP contribution in [-0.4, -0.2) is 44.8 Å². The van der Waals surface area contributed by atoms with E-state index in [0.717, 1.165) is 44.1 Å². The van der Waals surface area contributed by atoms with E-state index >= 15 is 0 Å². The molecule has 0 aromatic heterocycles. The molecule has 3 rings (SSSR count). The van der Waals surface area contributed by atoms with Gasteiger partial charge < -0.3 is 10.2 Å². The number of rotatable bonds is 5. The van der Waals surface area contributed by atoms with Gasteiger partial charge in [0.2, 0.25) is 0 Å². The number of benzene rings is 2. The summed E-state index contributed by atoms with van der Waals surface area (Å²) in [5.41, 5.74) is -0.409. The molecule has 2 aromatic rings. The van der Waals surface area contributed by atoms with Gasteiger partial charge in [-0.2, -0.15) is 0 Å². The van der Waals surface area contributed by atoms with Crippen LogP contribution in [-0.2, 0) is 0 Å². The molecule has 0 spiro atoms. The SMILES string of the molecule is CC1CCN(C(=O)c2ccc(NC(=S)NC(=O)c3cc([N+](=O)[O-])cc([N+](=O)[O-])c3)cc2)CC1. The first-order chi connectivity index (χ1) is 15.6. The minimum atomic E-state index is -0.842. The molecule has 1 saturated heterocycles. The summed E-state index contributed by atoms with van der Waals surface area (Å²) in [6, 6.07) is 9.18. The second-order valence-corrected chi connectivity index (χ2v) is 8.12. The normalized spacial score (nSPS) is 13.8. The molecule has 2 N–H and O–H groups in total. The number of nitrogens with zero attached hydrogens (tertiary/aromatic N) is 3. The van der Waals surface area contributed by atoms with Crippen molar-refractivity contribution >= 4 is 46.2 Å². The topological polar surface area (TPSA) is 148 Å². The number of nitrogens with one attached hydrogen (secondary N) is 2. The van der Waals surface area contributed by atoms with E-state index in [0.29, 0.717) is 17.2 Å². The lowest BCUT2D eigenvalue weighted by atomic mass is 9.98. The van der Waals surface area contributed by atoms with Crippen molar-refractivity contribution in [3.63, 3.8) is 0 Å². The first kappa shape index (κ1) is 23.7. The Bertz CT molecular complexity index is 1080. The van der Waals surface area contributed by atoms with Gasteiger partial charge in [0.1, 0.15) is 0 Å². The van der Waals surface area contributed by atoms with Crippen molar-refractivity contribution in [2.45, 2.75) is 19.8 Å². The molecule has 0 aliphatic carbocycles. The average Bonchev–Trinajstić information content (AvgIpc) is 2.79. The van der Waals surface area contributed by atoms with Crippen LogP contribution in [0.15, 0.2) is 42.5 Å². The van der Waals surface area contributed by atoms with Gasteiger partial charge >= 0.3 is 0 Å². The molecule has 172 valence electrons. The zero-order valence-corrected chi connectivity index (χ0v) is 18.5. The molecule has 2 aromatic carbocycles. The molecule has 11 nitrogen and oxygen atoms in total. The van der Waals surface area contributed by atoms with Crippen molar-refractivity contribution in [3.8, 4) is 0 Å². The zero-order valence-electron chi connectivity index (χ0n) is 17.6. The van der Waals surface area contributed by atoms with E-state index in [4.69, 9.17) is 12.2 Å². The Morgan fingerprint density at radius 1 is 0.970 bits per heavy atom. The molecule has 1 fully saturated rings. The summed E-state index contributed by atoms with van der Waals surface area (Å²) in [6.45, 7) is 3.63. The highest BCUT2D eigenvalue weighted by molar-refractivity contribution is 7.80. The molecule has 2 amide bonds. The number of anilines is 1. The third kappa shape index (κ3) is 6.07. The Balaban J connectivity index is 1.63. The molecule has 0 radical (unpaired) electrons. The largest absolute Gasteiger partial charge is 0.339 e. The minimum Gasteiger partial charge on any atom is -0.339 e. The van der Waals surface area contributed by atoms with E-state index in [1.807, 2.05) is 4.90 Å². The quantitative estimate of drug-likeness (QED) is 0.382. The molecule has 1 aliphatic heterocycles. The number of carbonyl (C=O) groups excluding carboxylic acids is 2. The van der Waals surface area contributed by atoms with Crippen molar-refractivity contribution in [1.29, 1.82) is 0 Å². The van der Waals surface area contributed by atoms with Crippen LogP contribution in [0.25, 0.3) is 0 Å². The third-order valence-electron chi connectivity index (χ3n) is 5.27. The summed E-state index contributed by atoms with van der Waals surface area (Å²) in [4.78, 5) is 47.2. The number of non-ortho nitro benzene ring substituents is 2. The summed E-state index contributed by atoms with van der Waals surface area (Å²) < 4.78 is 0. The van der Waals surface area contributed by atoms with Gasteiger partial charge in [-0.25, -0.2) is 0 Å². The van der Waals surface area contributed by atoms with Crippen LogP contribution >= 0.6 is 12.2 Å². The molecule has 12 heteroatoms. The maximum absolute atomic E-state index is 12.6. The smallest absolute Gasteiger partial charge is 0.277 e. The zero-order chi connectivity index (χ0) is 24.1. The number of likely N-dealkylation sites (tertiary alicyclic amines) is 1. The Hall–Kier alpha value is -3.93. The highest BCUT2D eigenvalue weighted by atomic mass is 32.1. The number of carbonyl (C=O) groups is 2. The van der Waals surface area contributed by atoms with Crippen LogP contribution in [0, 0.1) is 26.1 Å². The van der Waals surface area contributed by atoms with Gasteiger partial charge in [-0.05, 0) is 55.2 Å². The number of nitro groups is 2. The summed E-state index contributed by atoms with van der Waals surface area (Å²) >= 11 is 5.09. The maximum atomic E-state index is 12.6. The van der Waals surface area contributed by atoms with E-state index in [2.05, 4.69) is 17.6 Å². The predicted octanol–water partition coefficient (Wildman–Crippen LogP) is 3.50. The Labute approximate surface area is 194 Å². The van der Waals surface area contributed by atoms with Crippen LogP contribution < -0.4 is 10.6 Å². The van der Waals surface area contributed by atoms with Crippen molar-refractivity contribution in [2.24, 2.45) is 5.92 Å². The van der Waals surface area contributed by atoms with Crippen molar-refractivity contribution < 1.29 is 19.4 Å². The first-order valence-electron chi connectivity index (χ1n) is 10.1. The van der Waals surface area contributed by atoms with Crippen LogP contribution in [0.3, 0.4) is 0 Å². The minimum absolute atomic E-state index is 0.0448. The van der Waals surface area contributed by atoms with Crippen molar-refractivity contribution in [1.82, 2.24) is 10.2 Å². The monoisotopic (exact) mass is 471 g/mol.